The van der Waals surface area contributed by atoms with E-state index in [0.29, 0.717) is 11.6 Å². The van der Waals surface area contributed by atoms with Gasteiger partial charge in [-0.1, -0.05) is 30.7 Å². The van der Waals surface area contributed by atoms with E-state index < -0.39 is 0 Å². The number of nitrogens with zero attached hydrogens (tertiary/aromatic N) is 1. The van der Waals surface area contributed by atoms with Crippen LogP contribution in [-0.2, 0) is 0 Å². The topological polar surface area (TPSA) is 21.6 Å². The Morgan fingerprint density at radius 3 is 2.71 bits per heavy atom. The highest BCUT2D eigenvalue weighted by Crippen LogP contribution is 2.26. The molecule has 2 rings (SSSR count). The standard InChI is InChI=1S/C18H20ClNO/c1-4-10-21-18-9-8-15(11-16(18)19)12-20-17-7-5-6-13(2)14(17)3/h5-9,11-12H,4,10H2,1-3H3. The van der Waals surface area contributed by atoms with Gasteiger partial charge in [0.1, 0.15) is 5.75 Å². The summed E-state index contributed by atoms with van der Waals surface area (Å²) in [6.45, 7) is 6.91. The van der Waals surface area contributed by atoms with Crippen LogP contribution in [0.25, 0.3) is 0 Å². The van der Waals surface area contributed by atoms with E-state index in [1.54, 1.807) is 0 Å². The molecule has 0 spiro atoms. The molecule has 0 aromatic heterocycles. The van der Waals surface area contributed by atoms with E-state index in [9.17, 15) is 0 Å². The van der Waals surface area contributed by atoms with Gasteiger partial charge >= 0.3 is 0 Å². The molecule has 0 saturated carbocycles. The fraction of sp³-hybridized carbons (Fsp3) is 0.278. The highest BCUT2D eigenvalue weighted by Gasteiger charge is 2.02. The molecule has 0 N–H and O–H groups in total. The van der Waals surface area contributed by atoms with Crippen molar-refractivity contribution >= 4 is 23.5 Å². The van der Waals surface area contributed by atoms with Gasteiger partial charge < -0.3 is 4.74 Å². The lowest BCUT2D eigenvalue weighted by Gasteiger charge is -2.07. The van der Waals surface area contributed by atoms with Gasteiger partial charge in [-0.3, -0.25) is 4.99 Å². The molecule has 0 amide bonds. The average molecular weight is 302 g/mol. The van der Waals surface area contributed by atoms with Crippen LogP contribution in [0.3, 0.4) is 0 Å². The minimum absolute atomic E-state index is 0.619. The Morgan fingerprint density at radius 2 is 2.00 bits per heavy atom. The fourth-order valence-electron chi connectivity index (χ4n) is 1.95. The minimum Gasteiger partial charge on any atom is -0.492 e. The second-order valence-corrected chi connectivity index (χ2v) is 5.42. The molecular weight excluding hydrogens is 282 g/mol. The Labute approximate surface area is 131 Å². The molecule has 0 aliphatic heterocycles. The lowest BCUT2D eigenvalue weighted by Crippen LogP contribution is -1.96. The smallest absolute Gasteiger partial charge is 0.137 e. The number of rotatable bonds is 5. The van der Waals surface area contributed by atoms with Gasteiger partial charge in [0, 0.05) is 6.21 Å². The monoisotopic (exact) mass is 301 g/mol. The summed E-state index contributed by atoms with van der Waals surface area (Å²) in [6.07, 6.45) is 2.80. The van der Waals surface area contributed by atoms with Crippen LogP contribution in [0.5, 0.6) is 5.75 Å². The second-order valence-electron chi connectivity index (χ2n) is 5.02. The molecule has 0 aliphatic carbocycles. The molecule has 0 aliphatic rings. The van der Waals surface area contributed by atoms with Gasteiger partial charge in [0.05, 0.1) is 17.3 Å². The van der Waals surface area contributed by atoms with E-state index in [0.717, 1.165) is 23.4 Å². The Balaban J connectivity index is 2.18. The Hall–Kier alpha value is -1.80. The zero-order valence-electron chi connectivity index (χ0n) is 12.7. The van der Waals surface area contributed by atoms with Crippen LogP contribution in [0, 0.1) is 13.8 Å². The van der Waals surface area contributed by atoms with E-state index in [-0.39, 0.29) is 0 Å². The van der Waals surface area contributed by atoms with Crippen LogP contribution < -0.4 is 4.74 Å². The molecule has 2 nitrogen and oxygen atoms in total. The lowest BCUT2D eigenvalue weighted by molar-refractivity contribution is 0.317. The molecule has 21 heavy (non-hydrogen) atoms. The van der Waals surface area contributed by atoms with Crippen molar-refractivity contribution in [3.05, 3.63) is 58.1 Å². The van der Waals surface area contributed by atoms with E-state index in [4.69, 9.17) is 16.3 Å². The van der Waals surface area contributed by atoms with Crippen molar-refractivity contribution in [3.63, 3.8) is 0 Å². The van der Waals surface area contributed by atoms with Gasteiger partial charge in [0.25, 0.3) is 0 Å². The summed E-state index contributed by atoms with van der Waals surface area (Å²) in [6, 6.07) is 11.9. The van der Waals surface area contributed by atoms with E-state index in [1.165, 1.54) is 11.1 Å². The zero-order chi connectivity index (χ0) is 15.2. The molecular formula is C18H20ClNO. The maximum atomic E-state index is 6.22. The molecule has 0 saturated heterocycles. The third-order valence-electron chi connectivity index (χ3n) is 3.35. The first-order valence-corrected chi connectivity index (χ1v) is 7.52. The van der Waals surface area contributed by atoms with Gasteiger partial charge in [0.2, 0.25) is 0 Å². The first-order valence-electron chi connectivity index (χ1n) is 7.14. The van der Waals surface area contributed by atoms with E-state index in [1.807, 2.05) is 36.5 Å². The number of ether oxygens (including phenoxy) is 1. The minimum atomic E-state index is 0.619. The Kier molecular flexibility index (Phi) is 5.40. The maximum absolute atomic E-state index is 6.22. The number of benzene rings is 2. The van der Waals surface area contributed by atoms with E-state index in [2.05, 4.69) is 31.8 Å². The Morgan fingerprint density at radius 1 is 1.19 bits per heavy atom. The number of aliphatic imine (C=N–C) groups is 1. The highest BCUT2D eigenvalue weighted by atomic mass is 35.5. The highest BCUT2D eigenvalue weighted by molar-refractivity contribution is 6.32. The van der Waals surface area contributed by atoms with Crippen molar-refractivity contribution in [3.8, 4) is 5.75 Å². The third-order valence-corrected chi connectivity index (χ3v) is 3.64. The van der Waals surface area contributed by atoms with Crippen molar-refractivity contribution in [2.45, 2.75) is 27.2 Å². The fourth-order valence-corrected chi connectivity index (χ4v) is 2.19. The Bertz CT molecular complexity index is 650. The van der Waals surface area contributed by atoms with Gasteiger partial charge in [0.15, 0.2) is 0 Å². The number of halogens is 1. The zero-order valence-corrected chi connectivity index (χ0v) is 13.4. The molecule has 0 atom stereocenters. The molecule has 0 heterocycles. The van der Waals surface area contributed by atoms with Gasteiger partial charge in [-0.05, 0) is 61.2 Å². The summed E-state index contributed by atoms with van der Waals surface area (Å²) in [5.74, 6) is 0.724. The normalized spacial score (nSPS) is 11.0. The summed E-state index contributed by atoms with van der Waals surface area (Å²) in [5, 5.41) is 0.619. The first-order chi connectivity index (χ1) is 10.1. The van der Waals surface area contributed by atoms with Crippen LogP contribution in [0.4, 0.5) is 5.69 Å². The first kappa shape index (κ1) is 15.6. The molecule has 3 heteroatoms. The number of hydrogen-bond donors (Lipinski definition) is 0. The van der Waals surface area contributed by atoms with Crippen molar-refractivity contribution < 1.29 is 4.74 Å². The number of hydrogen-bond acceptors (Lipinski definition) is 2. The molecule has 110 valence electrons. The predicted molar refractivity (Wildman–Crippen MR) is 90.4 cm³/mol. The third kappa shape index (κ3) is 4.08. The molecule has 0 bridgehead atoms. The van der Waals surface area contributed by atoms with Crippen molar-refractivity contribution in [2.75, 3.05) is 6.61 Å². The van der Waals surface area contributed by atoms with Crippen molar-refractivity contribution in [1.29, 1.82) is 0 Å². The molecule has 2 aromatic carbocycles. The SMILES string of the molecule is CCCOc1ccc(C=Nc2cccc(C)c2C)cc1Cl. The van der Waals surface area contributed by atoms with Gasteiger partial charge in [-0.2, -0.15) is 0 Å². The summed E-state index contributed by atoms with van der Waals surface area (Å²) in [7, 11) is 0. The van der Waals surface area contributed by atoms with Crippen LogP contribution in [0.15, 0.2) is 41.4 Å². The van der Waals surface area contributed by atoms with Crippen LogP contribution >= 0.6 is 11.6 Å². The predicted octanol–water partition coefficient (Wildman–Crippen LogP) is 5.50. The van der Waals surface area contributed by atoms with Crippen LogP contribution in [0.1, 0.15) is 30.0 Å². The van der Waals surface area contributed by atoms with Crippen molar-refractivity contribution in [2.24, 2.45) is 4.99 Å². The molecule has 2 aromatic rings. The summed E-state index contributed by atoms with van der Waals surface area (Å²) >= 11 is 6.22. The van der Waals surface area contributed by atoms with Gasteiger partial charge in [-0.25, -0.2) is 0 Å². The van der Waals surface area contributed by atoms with Crippen LogP contribution in [-0.4, -0.2) is 12.8 Å². The number of aryl methyl sites for hydroxylation is 1. The molecule has 0 fully saturated rings. The second kappa shape index (κ2) is 7.28. The molecule has 0 unspecified atom stereocenters. The van der Waals surface area contributed by atoms with Crippen LogP contribution in [0.2, 0.25) is 5.02 Å². The largest absolute Gasteiger partial charge is 0.492 e. The van der Waals surface area contributed by atoms with E-state index >= 15 is 0 Å². The lowest BCUT2D eigenvalue weighted by atomic mass is 10.1. The summed E-state index contributed by atoms with van der Waals surface area (Å²) in [5.41, 5.74) is 4.39. The van der Waals surface area contributed by atoms with Gasteiger partial charge in [-0.15, -0.1) is 0 Å². The van der Waals surface area contributed by atoms with Crippen molar-refractivity contribution in [1.82, 2.24) is 0 Å². The summed E-state index contributed by atoms with van der Waals surface area (Å²) < 4.78 is 5.56. The molecule has 0 radical (unpaired) electrons. The maximum Gasteiger partial charge on any atom is 0.137 e. The average Bonchev–Trinajstić information content (AvgIpc) is 2.48. The summed E-state index contributed by atoms with van der Waals surface area (Å²) in [4.78, 5) is 4.55. The quantitative estimate of drug-likeness (QED) is 0.669.